The second kappa shape index (κ2) is 8.55. The van der Waals surface area contributed by atoms with Crippen LogP contribution in [0.5, 0.6) is 11.5 Å². The van der Waals surface area contributed by atoms with Gasteiger partial charge < -0.3 is 14.8 Å². The van der Waals surface area contributed by atoms with Crippen molar-refractivity contribution in [2.45, 2.75) is 31.7 Å². The van der Waals surface area contributed by atoms with Gasteiger partial charge in [-0.2, -0.15) is 0 Å². The molecule has 4 rings (SSSR count). The summed E-state index contributed by atoms with van der Waals surface area (Å²) in [6.07, 6.45) is 0. The lowest BCUT2D eigenvalue weighted by molar-refractivity contribution is 0.0939. The number of carbonyl (C=O) groups is 1. The van der Waals surface area contributed by atoms with Gasteiger partial charge in [0.05, 0.1) is 10.9 Å². The van der Waals surface area contributed by atoms with Gasteiger partial charge in [0.15, 0.2) is 11.5 Å². The van der Waals surface area contributed by atoms with Crippen LogP contribution in [0.1, 0.15) is 40.0 Å². The summed E-state index contributed by atoms with van der Waals surface area (Å²) in [4.78, 5) is 13.0. The fourth-order valence-electron chi connectivity index (χ4n) is 3.48. The molecule has 0 fully saturated rings. The van der Waals surface area contributed by atoms with Crippen LogP contribution >= 0.6 is 0 Å². The predicted molar refractivity (Wildman–Crippen MR) is 122 cm³/mol. The molecule has 0 spiro atoms. The molecule has 1 heterocycles. The van der Waals surface area contributed by atoms with Crippen LogP contribution in [0.4, 0.5) is 5.69 Å². The molecule has 3 aromatic rings. The van der Waals surface area contributed by atoms with Gasteiger partial charge in [-0.1, -0.05) is 24.3 Å². The number of hydrogen-bond donors (Lipinski definition) is 2. The lowest BCUT2D eigenvalue weighted by Crippen LogP contribution is -2.26. The molecular formula is C24H24N2O5S. The maximum atomic E-state index is 12.9. The highest BCUT2D eigenvalue weighted by Crippen LogP contribution is 2.34. The first-order valence-corrected chi connectivity index (χ1v) is 11.6. The number of rotatable bonds is 6. The lowest BCUT2D eigenvalue weighted by atomic mass is 10.1. The fraction of sp³-hybridized carbons (Fsp3) is 0.208. The van der Waals surface area contributed by atoms with E-state index in [0.717, 1.165) is 11.1 Å². The van der Waals surface area contributed by atoms with Crippen molar-refractivity contribution in [2.24, 2.45) is 0 Å². The number of sulfonamides is 1. The number of nitrogens with one attached hydrogen (secondary N) is 2. The molecule has 0 aromatic heterocycles. The minimum absolute atomic E-state index is 0.185. The Morgan fingerprint density at radius 1 is 0.969 bits per heavy atom. The van der Waals surface area contributed by atoms with Crippen molar-refractivity contribution in [1.82, 2.24) is 5.32 Å². The molecule has 8 heteroatoms. The molecule has 0 bridgehead atoms. The number of carbonyl (C=O) groups excluding carboxylic acids is 1. The van der Waals surface area contributed by atoms with Gasteiger partial charge in [0, 0.05) is 11.3 Å². The van der Waals surface area contributed by atoms with Crippen molar-refractivity contribution in [2.75, 3.05) is 11.5 Å². The SMILES string of the molecule is Cc1ccc(C)c(S(=O)(=O)Nc2cccc(C(=O)NC(C)c3ccc4c(c3)OCO4)c2)c1. The van der Waals surface area contributed by atoms with Crippen LogP contribution in [0.25, 0.3) is 0 Å². The molecule has 0 saturated carbocycles. The number of aryl methyl sites for hydroxylation is 2. The van der Waals surface area contributed by atoms with Gasteiger partial charge >= 0.3 is 0 Å². The van der Waals surface area contributed by atoms with E-state index >= 15 is 0 Å². The largest absolute Gasteiger partial charge is 0.454 e. The lowest BCUT2D eigenvalue weighted by Gasteiger charge is -2.16. The third kappa shape index (κ3) is 4.55. The molecule has 0 saturated heterocycles. The maximum absolute atomic E-state index is 12.9. The Bertz CT molecular complexity index is 1290. The summed E-state index contributed by atoms with van der Waals surface area (Å²) < 4.78 is 39.0. The van der Waals surface area contributed by atoms with Gasteiger partial charge in [0.2, 0.25) is 6.79 Å². The first-order chi connectivity index (χ1) is 15.2. The van der Waals surface area contributed by atoms with E-state index in [0.29, 0.717) is 28.3 Å². The number of hydrogen-bond acceptors (Lipinski definition) is 5. The molecule has 1 aliphatic heterocycles. The van der Waals surface area contributed by atoms with Crippen LogP contribution in [-0.2, 0) is 10.0 Å². The topological polar surface area (TPSA) is 93.7 Å². The number of anilines is 1. The molecular weight excluding hydrogens is 428 g/mol. The fourth-order valence-corrected chi connectivity index (χ4v) is 4.86. The number of benzene rings is 3. The minimum Gasteiger partial charge on any atom is -0.454 e. The van der Waals surface area contributed by atoms with Crippen LogP contribution in [0.3, 0.4) is 0 Å². The van der Waals surface area contributed by atoms with Gasteiger partial charge in [0.25, 0.3) is 15.9 Å². The van der Waals surface area contributed by atoms with Crippen molar-refractivity contribution in [3.8, 4) is 11.5 Å². The highest BCUT2D eigenvalue weighted by molar-refractivity contribution is 7.92. The zero-order valence-corrected chi connectivity index (χ0v) is 18.8. The number of amides is 1. The molecule has 32 heavy (non-hydrogen) atoms. The van der Waals surface area contributed by atoms with E-state index in [1.165, 1.54) is 6.07 Å². The van der Waals surface area contributed by atoms with Crippen molar-refractivity contribution >= 4 is 21.6 Å². The Morgan fingerprint density at radius 2 is 1.75 bits per heavy atom. The number of fused-ring (bicyclic) bond motifs is 1. The summed E-state index contributed by atoms with van der Waals surface area (Å²) in [7, 11) is -3.79. The molecule has 0 radical (unpaired) electrons. The molecule has 7 nitrogen and oxygen atoms in total. The third-order valence-electron chi connectivity index (χ3n) is 5.25. The Hall–Kier alpha value is -3.52. The Labute approximate surface area is 187 Å². The molecule has 1 atom stereocenters. The van der Waals surface area contributed by atoms with Crippen molar-refractivity contribution in [1.29, 1.82) is 0 Å². The van der Waals surface area contributed by atoms with Crippen molar-refractivity contribution < 1.29 is 22.7 Å². The second-order valence-corrected chi connectivity index (χ2v) is 9.41. The van der Waals surface area contributed by atoms with Gasteiger partial charge in [-0.25, -0.2) is 8.42 Å². The van der Waals surface area contributed by atoms with Crippen LogP contribution in [0, 0.1) is 13.8 Å². The van der Waals surface area contributed by atoms with Crippen LogP contribution in [0.15, 0.2) is 65.6 Å². The van der Waals surface area contributed by atoms with E-state index < -0.39 is 10.0 Å². The maximum Gasteiger partial charge on any atom is 0.262 e. The zero-order chi connectivity index (χ0) is 22.9. The standard InChI is InChI=1S/C24H24N2O5S/c1-15-7-8-16(2)23(11-15)32(28,29)26-20-6-4-5-19(12-20)24(27)25-17(3)18-9-10-21-22(13-18)31-14-30-21/h4-13,17,26H,14H2,1-3H3,(H,25,27). The van der Waals surface area contributed by atoms with E-state index in [4.69, 9.17) is 9.47 Å². The Morgan fingerprint density at radius 3 is 2.56 bits per heavy atom. The normalized spacial score (nSPS) is 13.5. The highest BCUT2D eigenvalue weighted by Gasteiger charge is 2.20. The average molecular weight is 453 g/mol. The van der Waals surface area contributed by atoms with Gasteiger partial charge in [0.1, 0.15) is 0 Å². The molecule has 1 unspecified atom stereocenters. The highest BCUT2D eigenvalue weighted by atomic mass is 32.2. The molecule has 1 aliphatic rings. The molecule has 166 valence electrons. The van der Waals surface area contributed by atoms with Crippen molar-refractivity contribution in [3.63, 3.8) is 0 Å². The molecule has 1 amide bonds. The van der Waals surface area contributed by atoms with E-state index in [1.54, 1.807) is 37.3 Å². The van der Waals surface area contributed by atoms with Gasteiger partial charge in [-0.05, 0) is 73.9 Å². The predicted octanol–water partition coefficient (Wildman–Crippen LogP) is 4.32. The van der Waals surface area contributed by atoms with Gasteiger partial charge in [-0.15, -0.1) is 0 Å². The summed E-state index contributed by atoms with van der Waals surface area (Å²) in [6, 6.07) is 16.9. The summed E-state index contributed by atoms with van der Waals surface area (Å²) in [6.45, 7) is 5.63. The van der Waals surface area contributed by atoms with Crippen molar-refractivity contribution in [3.05, 3.63) is 82.9 Å². The van der Waals surface area contributed by atoms with E-state index in [2.05, 4.69) is 10.0 Å². The van der Waals surface area contributed by atoms with E-state index in [9.17, 15) is 13.2 Å². The summed E-state index contributed by atoms with van der Waals surface area (Å²) >= 11 is 0. The average Bonchev–Trinajstić information content (AvgIpc) is 3.23. The van der Waals surface area contributed by atoms with Crippen LogP contribution in [0.2, 0.25) is 0 Å². The Kier molecular flexibility index (Phi) is 5.80. The van der Waals surface area contributed by atoms with E-state index in [-0.39, 0.29) is 23.6 Å². The van der Waals surface area contributed by atoms with Crippen LogP contribution in [-0.4, -0.2) is 21.1 Å². The summed E-state index contributed by atoms with van der Waals surface area (Å²) in [5.74, 6) is 1.01. The minimum atomic E-state index is -3.79. The second-order valence-electron chi connectivity index (χ2n) is 7.76. The number of ether oxygens (including phenoxy) is 2. The first-order valence-electron chi connectivity index (χ1n) is 10.1. The quantitative estimate of drug-likeness (QED) is 0.581. The summed E-state index contributed by atoms with van der Waals surface area (Å²) in [5, 5.41) is 2.93. The van der Waals surface area contributed by atoms with E-state index in [1.807, 2.05) is 38.1 Å². The monoisotopic (exact) mass is 452 g/mol. The first kappa shape index (κ1) is 21.7. The molecule has 0 aliphatic carbocycles. The third-order valence-corrected chi connectivity index (χ3v) is 6.78. The molecule has 2 N–H and O–H groups in total. The van der Waals surface area contributed by atoms with Gasteiger partial charge in [-0.3, -0.25) is 9.52 Å². The van der Waals surface area contributed by atoms with Crippen LogP contribution < -0.4 is 19.5 Å². The molecule has 3 aromatic carbocycles. The Balaban J connectivity index is 1.50. The smallest absolute Gasteiger partial charge is 0.262 e. The zero-order valence-electron chi connectivity index (χ0n) is 18.0. The summed E-state index contributed by atoms with van der Waals surface area (Å²) in [5.41, 5.74) is 3.03.